The van der Waals surface area contributed by atoms with E-state index in [1.165, 1.54) is 6.07 Å². The van der Waals surface area contributed by atoms with E-state index in [4.69, 9.17) is 9.47 Å². The monoisotopic (exact) mass is 324 g/mol. The van der Waals surface area contributed by atoms with Crippen LogP contribution in [0.15, 0.2) is 24.3 Å². The molecule has 0 unspecified atom stereocenters. The minimum absolute atomic E-state index is 0.199. The smallest absolute Gasteiger partial charge is 0.323 e. The molecule has 0 aromatic heterocycles. The van der Waals surface area contributed by atoms with E-state index in [9.17, 15) is 14.0 Å². The van der Waals surface area contributed by atoms with Crippen molar-refractivity contribution >= 4 is 11.9 Å². The normalized spacial score (nSPS) is 11.1. The Labute approximate surface area is 137 Å². The lowest BCUT2D eigenvalue weighted by Gasteiger charge is -2.27. The summed E-state index contributed by atoms with van der Waals surface area (Å²) in [5.74, 6) is -1.66. The third kappa shape index (κ3) is 4.78. The summed E-state index contributed by atoms with van der Waals surface area (Å²) in [6.45, 7) is 5.57. The summed E-state index contributed by atoms with van der Waals surface area (Å²) in [5.41, 5.74) is -1.04. The van der Waals surface area contributed by atoms with Gasteiger partial charge in [-0.15, -0.1) is 0 Å². The number of hydrogen-bond acceptors (Lipinski definition) is 4. The van der Waals surface area contributed by atoms with Gasteiger partial charge in [0.25, 0.3) is 0 Å². The van der Waals surface area contributed by atoms with Crippen molar-refractivity contribution in [2.75, 3.05) is 6.61 Å². The van der Waals surface area contributed by atoms with Crippen LogP contribution in [0.1, 0.15) is 52.0 Å². The number of carbonyl (C=O) groups is 2. The average Bonchev–Trinajstić information content (AvgIpc) is 2.56. The lowest BCUT2D eigenvalue weighted by Crippen LogP contribution is -2.41. The van der Waals surface area contributed by atoms with Crippen LogP contribution in [0.5, 0.6) is 0 Å². The Morgan fingerprint density at radius 1 is 1.04 bits per heavy atom. The molecular weight excluding hydrogens is 299 g/mol. The second-order valence-corrected chi connectivity index (χ2v) is 5.45. The van der Waals surface area contributed by atoms with Gasteiger partial charge >= 0.3 is 11.9 Å². The van der Waals surface area contributed by atoms with Crippen LogP contribution < -0.4 is 0 Å². The van der Waals surface area contributed by atoms with Crippen molar-refractivity contribution in [2.45, 2.75) is 53.1 Å². The number of unbranched alkanes of at least 4 members (excludes halogenated alkanes) is 1. The van der Waals surface area contributed by atoms with Gasteiger partial charge in [-0.05, 0) is 25.3 Å². The van der Waals surface area contributed by atoms with Gasteiger partial charge in [-0.2, -0.15) is 0 Å². The van der Waals surface area contributed by atoms with Gasteiger partial charge in [0.05, 0.1) is 6.61 Å². The van der Waals surface area contributed by atoms with Crippen molar-refractivity contribution in [3.05, 3.63) is 35.6 Å². The van der Waals surface area contributed by atoms with Gasteiger partial charge in [-0.1, -0.05) is 45.4 Å². The first-order valence-corrected chi connectivity index (χ1v) is 8.09. The average molecular weight is 324 g/mol. The minimum atomic E-state index is -1.32. The highest BCUT2D eigenvalue weighted by molar-refractivity contribution is 5.99. The summed E-state index contributed by atoms with van der Waals surface area (Å²) in [4.78, 5) is 24.8. The maximum absolute atomic E-state index is 13.6. The van der Waals surface area contributed by atoms with E-state index >= 15 is 0 Å². The van der Waals surface area contributed by atoms with Gasteiger partial charge in [0.2, 0.25) is 0 Å². The highest BCUT2D eigenvalue weighted by atomic mass is 19.1. The van der Waals surface area contributed by atoms with Crippen LogP contribution >= 0.6 is 0 Å². The Morgan fingerprint density at radius 3 is 2.22 bits per heavy atom. The molecule has 0 amide bonds. The molecule has 23 heavy (non-hydrogen) atoms. The quantitative estimate of drug-likeness (QED) is 0.391. The van der Waals surface area contributed by atoms with Gasteiger partial charge in [0.15, 0.2) is 5.41 Å². The maximum atomic E-state index is 13.6. The summed E-state index contributed by atoms with van der Waals surface area (Å²) in [5, 5.41) is 0. The number of rotatable bonds is 9. The fourth-order valence-corrected chi connectivity index (χ4v) is 2.25. The van der Waals surface area contributed by atoms with Gasteiger partial charge < -0.3 is 9.47 Å². The molecule has 0 saturated carbocycles. The molecule has 1 aromatic rings. The van der Waals surface area contributed by atoms with Gasteiger partial charge in [-0.25, -0.2) is 4.39 Å². The fourth-order valence-electron chi connectivity index (χ4n) is 2.25. The third-order valence-electron chi connectivity index (χ3n) is 4.04. The summed E-state index contributed by atoms with van der Waals surface area (Å²) in [6, 6.07) is 6.07. The Balaban J connectivity index is 2.77. The van der Waals surface area contributed by atoms with E-state index in [-0.39, 0.29) is 31.6 Å². The van der Waals surface area contributed by atoms with Crippen LogP contribution in [0.3, 0.4) is 0 Å². The van der Waals surface area contributed by atoms with Crippen molar-refractivity contribution in [1.82, 2.24) is 0 Å². The number of ether oxygens (including phenoxy) is 2. The van der Waals surface area contributed by atoms with Crippen LogP contribution in [0.2, 0.25) is 0 Å². The van der Waals surface area contributed by atoms with Crippen LogP contribution in [-0.4, -0.2) is 18.5 Å². The van der Waals surface area contributed by atoms with Crippen molar-refractivity contribution in [2.24, 2.45) is 5.41 Å². The van der Waals surface area contributed by atoms with E-state index < -0.39 is 23.2 Å². The molecule has 0 heterocycles. The number of esters is 2. The molecule has 0 aliphatic heterocycles. The predicted molar refractivity (Wildman–Crippen MR) is 85.1 cm³/mol. The Kier molecular flexibility index (Phi) is 7.72. The Bertz CT molecular complexity index is 524. The fraction of sp³-hybridized carbons (Fsp3) is 0.556. The van der Waals surface area contributed by atoms with Crippen molar-refractivity contribution in [1.29, 1.82) is 0 Å². The maximum Gasteiger partial charge on any atom is 0.323 e. The zero-order chi connectivity index (χ0) is 17.3. The molecule has 0 bridgehead atoms. The van der Waals surface area contributed by atoms with Crippen LogP contribution in [-0.2, 0) is 25.7 Å². The zero-order valence-corrected chi connectivity index (χ0v) is 14.1. The molecule has 0 saturated heterocycles. The lowest BCUT2D eigenvalue weighted by molar-refractivity contribution is -0.174. The van der Waals surface area contributed by atoms with E-state index in [0.29, 0.717) is 0 Å². The summed E-state index contributed by atoms with van der Waals surface area (Å²) >= 11 is 0. The molecule has 1 aromatic carbocycles. The third-order valence-corrected chi connectivity index (χ3v) is 4.04. The first-order chi connectivity index (χ1) is 11.0. The second kappa shape index (κ2) is 9.28. The largest absolute Gasteiger partial charge is 0.465 e. The number of hydrogen-bond donors (Lipinski definition) is 0. The number of benzene rings is 1. The topological polar surface area (TPSA) is 52.6 Å². The zero-order valence-electron chi connectivity index (χ0n) is 14.1. The molecule has 0 aliphatic rings. The first kappa shape index (κ1) is 19.1. The second-order valence-electron chi connectivity index (χ2n) is 5.45. The summed E-state index contributed by atoms with van der Waals surface area (Å²) < 4.78 is 24.0. The molecule has 128 valence electrons. The Morgan fingerprint density at radius 2 is 1.65 bits per heavy atom. The van der Waals surface area contributed by atoms with Gasteiger partial charge in [-0.3, -0.25) is 9.59 Å². The predicted octanol–water partition coefficient (Wildman–Crippen LogP) is 4.02. The molecule has 1 rings (SSSR count). The lowest BCUT2D eigenvalue weighted by atomic mass is 9.82. The van der Waals surface area contributed by atoms with Crippen molar-refractivity contribution < 1.29 is 23.5 Å². The molecule has 0 aliphatic carbocycles. The van der Waals surface area contributed by atoms with Crippen molar-refractivity contribution in [3.8, 4) is 0 Å². The van der Waals surface area contributed by atoms with E-state index in [1.807, 2.05) is 6.92 Å². The highest BCUT2D eigenvalue weighted by Crippen LogP contribution is 2.30. The molecule has 4 nitrogen and oxygen atoms in total. The number of carbonyl (C=O) groups excluding carboxylic acids is 2. The molecule has 0 atom stereocenters. The summed E-state index contributed by atoms with van der Waals surface area (Å²) in [7, 11) is 0. The molecule has 0 radical (unpaired) electrons. The first-order valence-electron chi connectivity index (χ1n) is 8.09. The number of halogens is 1. The van der Waals surface area contributed by atoms with Crippen molar-refractivity contribution in [3.63, 3.8) is 0 Å². The van der Waals surface area contributed by atoms with E-state index in [1.54, 1.807) is 32.0 Å². The highest BCUT2D eigenvalue weighted by Gasteiger charge is 2.45. The molecule has 0 fully saturated rings. The molecule has 0 spiro atoms. The SMILES string of the molecule is CCCCOC(=O)C(CC)(CC)C(=O)OCc1ccccc1F. The molecule has 5 heteroatoms. The van der Waals surface area contributed by atoms with Crippen LogP contribution in [0, 0.1) is 11.2 Å². The van der Waals surface area contributed by atoms with E-state index in [2.05, 4.69) is 0 Å². The minimum Gasteiger partial charge on any atom is -0.465 e. The van der Waals surface area contributed by atoms with Crippen LogP contribution in [0.25, 0.3) is 0 Å². The molecular formula is C18H25FO4. The molecule has 0 N–H and O–H groups in total. The summed E-state index contributed by atoms with van der Waals surface area (Å²) in [6.07, 6.45) is 2.21. The van der Waals surface area contributed by atoms with Gasteiger partial charge in [0, 0.05) is 5.56 Å². The van der Waals surface area contributed by atoms with Crippen LogP contribution in [0.4, 0.5) is 4.39 Å². The van der Waals surface area contributed by atoms with Gasteiger partial charge in [0.1, 0.15) is 12.4 Å². The standard InChI is InChI=1S/C18H25FO4/c1-4-7-12-22-16(20)18(5-2,6-3)17(21)23-13-14-10-8-9-11-15(14)19/h8-11H,4-7,12-13H2,1-3H3. The van der Waals surface area contributed by atoms with E-state index in [0.717, 1.165) is 12.8 Å². The Hall–Kier alpha value is -1.91.